The molecule has 310 valence electrons. The molecule has 6 aromatic carbocycles. The van der Waals surface area contributed by atoms with Gasteiger partial charge in [0.1, 0.15) is 5.82 Å². The van der Waals surface area contributed by atoms with Crippen LogP contribution in [0.3, 0.4) is 0 Å². The number of anilines is 4. The molecule has 0 amide bonds. The van der Waals surface area contributed by atoms with Crippen LogP contribution >= 0.6 is 0 Å². The van der Waals surface area contributed by atoms with Crippen LogP contribution in [0.5, 0.6) is 11.5 Å². The Morgan fingerprint density at radius 1 is 0.597 bits per heavy atom. The van der Waals surface area contributed by atoms with E-state index in [1.165, 1.54) is 0 Å². The molecule has 0 N–H and O–H groups in total. The van der Waals surface area contributed by atoms with Crippen LogP contribution in [-0.4, -0.2) is 30.9 Å². The maximum absolute atomic E-state index is 6.77. The summed E-state index contributed by atoms with van der Waals surface area (Å²) >= 11 is 0. The Hall–Kier alpha value is -5.57. The SMILES string of the molecule is CC(C)(C)B1OB(c2cccc(-c3ccccc3)c2N2[CH-]N(c3[c-]c(Oc4[c-]c5c(cc4)c4ccccc4n5-c4ccccn4)ccc3)c3ccccc32)OB(C(C)(C)C)O1.[Pt]. The first-order valence-electron chi connectivity index (χ1n) is 20.8. The van der Waals surface area contributed by atoms with Crippen LogP contribution in [0.1, 0.15) is 41.5 Å². The van der Waals surface area contributed by atoms with Gasteiger partial charge in [-0.2, -0.15) is 12.1 Å². The Morgan fingerprint density at radius 3 is 1.98 bits per heavy atom. The maximum Gasteiger partial charge on any atom is 0.468 e. The van der Waals surface area contributed by atoms with E-state index >= 15 is 0 Å². The molecule has 2 aromatic heterocycles. The summed E-state index contributed by atoms with van der Waals surface area (Å²) in [4.78, 5) is 9.08. The van der Waals surface area contributed by atoms with Gasteiger partial charge in [0, 0.05) is 72.4 Å². The number of ether oxygens (including phenoxy) is 1. The van der Waals surface area contributed by atoms with E-state index in [4.69, 9.17) is 18.5 Å². The third-order valence-electron chi connectivity index (χ3n) is 11.1. The second-order valence-electron chi connectivity index (χ2n) is 17.7. The van der Waals surface area contributed by atoms with Crippen molar-refractivity contribution in [2.24, 2.45) is 0 Å². The average molecular weight is 992 g/mol. The Balaban J connectivity index is 0.00000490. The van der Waals surface area contributed by atoms with Crippen LogP contribution in [0.4, 0.5) is 22.7 Å². The van der Waals surface area contributed by atoms with Crippen LogP contribution < -0.4 is 20.0 Å². The summed E-state index contributed by atoms with van der Waals surface area (Å²) < 4.78 is 28.8. The molecule has 0 aliphatic carbocycles. The molecule has 2 aliphatic heterocycles. The summed E-state index contributed by atoms with van der Waals surface area (Å²) in [7, 11) is -1.70. The largest absolute Gasteiger partial charge is 0.509 e. The Labute approximate surface area is 379 Å². The monoisotopic (exact) mass is 992 g/mol. The van der Waals surface area contributed by atoms with E-state index in [0.29, 0.717) is 11.5 Å². The number of aromatic nitrogens is 2. The van der Waals surface area contributed by atoms with Crippen molar-refractivity contribution < 1.29 is 39.5 Å². The number of para-hydroxylation sites is 4. The summed E-state index contributed by atoms with van der Waals surface area (Å²) in [5.74, 6) is 1.96. The Kier molecular flexibility index (Phi) is 11.2. The minimum Gasteiger partial charge on any atom is -0.509 e. The van der Waals surface area contributed by atoms with E-state index in [1.807, 2.05) is 60.8 Å². The molecule has 0 bridgehead atoms. The minimum atomic E-state index is -0.705. The number of fused-ring (bicyclic) bond motifs is 4. The average Bonchev–Trinajstić information content (AvgIpc) is 3.82. The molecule has 0 radical (unpaired) electrons. The standard InChI is InChI=1S/C50H44B3N4O4.Pt/c1-49(2,3)52-59-51(60-53(61-52)50(4,5)6)42-24-17-23-39(35-18-8-7-9-19-35)48(42)56-34-55(44-26-12-13-27-45(44)56)36-20-16-21-37(32-36)58-38-29-30-41-40-22-10-11-25-43(40)57(46(41)33-38)47-28-14-15-31-54-47;/h7-31,34H,1-6H3;/q-3;. The maximum atomic E-state index is 6.77. The van der Waals surface area contributed by atoms with Crippen molar-refractivity contribution in [1.82, 2.24) is 9.55 Å². The molecule has 8 nitrogen and oxygen atoms in total. The molecule has 1 saturated heterocycles. The van der Waals surface area contributed by atoms with E-state index in [2.05, 4.69) is 171 Å². The van der Waals surface area contributed by atoms with Crippen LogP contribution in [0.2, 0.25) is 10.6 Å². The fourth-order valence-corrected chi connectivity index (χ4v) is 8.16. The molecular weight excluding hydrogens is 948 g/mol. The van der Waals surface area contributed by atoms with Gasteiger partial charge in [-0.3, -0.25) is 0 Å². The van der Waals surface area contributed by atoms with E-state index in [9.17, 15) is 0 Å². The van der Waals surface area contributed by atoms with Crippen LogP contribution in [0, 0.1) is 18.8 Å². The molecular formula is C50H44B3N4O4Pt-3. The molecule has 10 rings (SSSR count). The molecule has 0 atom stereocenters. The van der Waals surface area contributed by atoms with Gasteiger partial charge in [0.25, 0.3) is 0 Å². The zero-order valence-electron chi connectivity index (χ0n) is 35.5. The van der Waals surface area contributed by atoms with E-state index < -0.39 is 21.4 Å². The second kappa shape index (κ2) is 16.6. The molecule has 0 unspecified atom stereocenters. The van der Waals surface area contributed by atoms with E-state index in [1.54, 1.807) is 0 Å². The van der Waals surface area contributed by atoms with Crippen molar-refractivity contribution in [3.8, 4) is 28.4 Å². The quantitative estimate of drug-likeness (QED) is 0.116. The smallest absolute Gasteiger partial charge is 0.468 e. The normalized spacial score (nSPS) is 14.4. The number of hydrogen-bond donors (Lipinski definition) is 0. The summed E-state index contributed by atoms with van der Waals surface area (Å²) in [5.41, 5.74) is 8.72. The Bertz CT molecular complexity index is 2860. The number of rotatable bonds is 7. The van der Waals surface area contributed by atoms with Gasteiger partial charge in [-0.1, -0.05) is 132 Å². The van der Waals surface area contributed by atoms with E-state index in [-0.39, 0.29) is 31.7 Å². The van der Waals surface area contributed by atoms with Crippen molar-refractivity contribution in [3.63, 3.8) is 0 Å². The van der Waals surface area contributed by atoms with Crippen molar-refractivity contribution >= 4 is 71.4 Å². The predicted octanol–water partition coefficient (Wildman–Crippen LogP) is 12.0. The number of hydrogen-bond acceptors (Lipinski definition) is 7. The topological polar surface area (TPSA) is 61.2 Å². The first-order chi connectivity index (χ1) is 29.5. The number of nitrogens with zero attached hydrogens (tertiary/aromatic N) is 4. The first kappa shape index (κ1) is 41.8. The molecule has 8 aromatic rings. The zero-order valence-corrected chi connectivity index (χ0v) is 37.8. The van der Waals surface area contributed by atoms with Gasteiger partial charge in [0.15, 0.2) is 0 Å². The van der Waals surface area contributed by atoms with E-state index in [0.717, 1.165) is 67.0 Å². The third-order valence-corrected chi connectivity index (χ3v) is 11.1. The minimum absolute atomic E-state index is 0. The van der Waals surface area contributed by atoms with Crippen LogP contribution in [0.25, 0.3) is 38.8 Å². The summed E-state index contributed by atoms with van der Waals surface area (Å²) in [6.07, 6.45) is 1.81. The number of pyridine rings is 1. The summed E-state index contributed by atoms with van der Waals surface area (Å²) in [6.45, 7) is 14.9. The van der Waals surface area contributed by atoms with Gasteiger partial charge in [-0.25, -0.2) is 4.98 Å². The van der Waals surface area contributed by atoms with Crippen molar-refractivity contribution in [3.05, 3.63) is 171 Å². The van der Waals surface area contributed by atoms with Crippen LogP contribution in [-0.2, 0) is 34.8 Å². The molecule has 62 heavy (non-hydrogen) atoms. The third kappa shape index (κ3) is 7.77. The molecule has 12 heteroatoms. The van der Waals surface area contributed by atoms with Gasteiger partial charge in [0.2, 0.25) is 0 Å². The second-order valence-corrected chi connectivity index (χ2v) is 17.7. The van der Waals surface area contributed by atoms with Gasteiger partial charge >= 0.3 is 21.4 Å². The van der Waals surface area contributed by atoms with Gasteiger partial charge in [0.05, 0.1) is 0 Å². The molecule has 4 heterocycles. The molecule has 0 saturated carbocycles. The van der Waals surface area contributed by atoms with Crippen LogP contribution in [0.15, 0.2) is 152 Å². The summed E-state index contributed by atoms with van der Waals surface area (Å²) in [5, 5.41) is 1.61. The fraction of sp³-hybridized carbons (Fsp3) is 0.160. The van der Waals surface area contributed by atoms with Gasteiger partial charge in [-0.05, 0) is 51.9 Å². The molecule has 2 aliphatic rings. The van der Waals surface area contributed by atoms with Gasteiger partial charge < -0.3 is 32.8 Å². The van der Waals surface area contributed by atoms with Crippen molar-refractivity contribution in [2.45, 2.75) is 52.2 Å². The van der Waals surface area contributed by atoms with Crippen molar-refractivity contribution in [1.29, 1.82) is 0 Å². The predicted molar refractivity (Wildman–Crippen MR) is 249 cm³/mol. The molecule has 1 fully saturated rings. The Morgan fingerprint density at radius 2 is 1.26 bits per heavy atom. The first-order valence-corrected chi connectivity index (χ1v) is 20.8. The zero-order chi connectivity index (χ0) is 41.9. The number of benzene rings is 6. The van der Waals surface area contributed by atoms with Gasteiger partial charge in [-0.15, -0.1) is 48.1 Å². The molecule has 0 spiro atoms. The van der Waals surface area contributed by atoms with Crippen molar-refractivity contribution in [2.75, 3.05) is 9.80 Å². The fourth-order valence-electron chi connectivity index (χ4n) is 8.16. The summed E-state index contributed by atoms with van der Waals surface area (Å²) in [6, 6.07) is 56.7.